The Balaban J connectivity index is 1.81. The van der Waals surface area contributed by atoms with E-state index in [4.69, 9.17) is 4.42 Å². The summed E-state index contributed by atoms with van der Waals surface area (Å²) in [7, 11) is 2.00. The van der Waals surface area contributed by atoms with Crippen LogP contribution in [0.5, 0.6) is 0 Å². The highest BCUT2D eigenvalue weighted by Gasteiger charge is 2.20. The first-order valence-corrected chi connectivity index (χ1v) is 7.35. The van der Waals surface area contributed by atoms with Crippen molar-refractivity contribution < 1.29 is 4.42 Å². The van der Waals surface area contributed by atoms with Gasteiger partial charge >= 0.3 is 0 Å². The first-order chi connectivity index (χ1) is 9.74. The van der Waals surface area contributed by atoms with Crippen molar-refractivity contribution >= 4 is 11.3 Å². The van der Waals surface area contributed by atoms with Crippen molar-refractivity contribution in [2.45, 2.75) is 19.5 Å². The van der Waals surface area contributed by atoms with Crippen LogP contribution in [-0.4, -0.2) is 9.55 Å². The molecule has 3 aromatic rings. The SMILES string of the molecule is Cc1ccc(CNC(c2ccco2)c2nccn2C)s1. The second-order valence-electron chi connectivity index (χ2n) is 4.74. The van der Waals surface area contributed by atoms with Gasteiger partial charge in [-0.3, -0.25) is 5.32 Å². The number of furan rings is 1. The van der Waals surface area contributed by atoms with Crippen LogP contribution in [0.2, 0.25) is 0 Å². The predicted molar refractivity (Wildman–Crippen MR) is 79.7 cm³/mol. The van der Waals surface area contributed by atoms with Gasteiger partial charge in [-0.05, 0) is 31.2 Å². The fraction of sp³-hybridized carbons (Fsp3) is 0.267. The minimum atomic E-state index is -0.0348. The van der Waals surface area contributed by atoms with Gasteiger partial charge < -0.3 is 8.98 Å². The van der Waals surface area contributed by atoms with Crippen molar-refractivity contribution in [3.05, 3.63) is 64.3 Å². The fourth-order valence-electron chi connectivity index (χ4n) is 2.21. The monoisotopic (exact) mass is 287 g/mol. The van der Waals surface area contributed by atoms with Gasteiger partial charge in [0.05, 0.1) is 6.26 Å². The largest absolute Gasteiger partial charge is 0.467 e. The van der Waals surface area contributed by atoms with Crippen molar-refractivity contribution in [2.24, 2.45) is 7.05 Å². The van der Waals surface area contributed by atoms with Crippen LogP contribution in [0.3, 0.4) is 0 Å². The molecule has 0 saturated carbocycles. The first kappa shape index (κ1) is 13.1. The number of nitrogens with zero attached hydrogens (tertiary/aromatic N) is 2. The van der Waals surface area contributed by atoms with Gasteiger partial charge in [0, 0.05) is 35.7 Å². The Morgan fingerprint density at radius 1 is 1.40 bits per heavy atom. The fourth-order valence-corrected chi connectivity index (χ4v) is 3.05. The maximum absolute atomic E-state index is 5.56. The maximum Gasteiger partial charge on any atom is 0.133 e. The molecule has 0 spiro atoms. The van der Waals surface area contributed by atoms with Crippen LogP contribution in [0.15, 0.2) is 47.3 Å². The van der Waals surface area contributed by atoms with Crippen molar-refractivity contribution in [3.63, 3.8) is 0 Å². The van der Waals surface area contributed by atoms with E-state index in [0.717, 1.165) is 18.1 Å². The van der Waals surface area contributed by atoms with Gasteiger partial charge in [0.1, 0.15) is 17.6 Å². The molecule has 0 radical (unpaired) electrons. The van der Waals surface area contributed by atoms with E-state index >= 15 is 0 Å². The molecular weight excluding hydrogens is 270 g/mol. The van der Waals surface area contributed by atoms with E-state index in [9.17, 15) is 0 Å². The van der Waals surface area contributed by atoms with Gasteiger partial charge in [0.25, 0.3) is 0 Å². The molecule has 0 aromatic carbocycles. The Morgan fingerprint density at radius 2 is 2.30 bits per heavy atom. The summed E-state index contributed by atoms with van der Waals surface area (Å²) in [4.78, 5) is 7.07. The average Bonchev–Trinajstić information content (AvgIpc) is 3.14. The molecule has 104 valence electrons. The van der Waals surface area contributed by atoms with Crippen molar-refractivity contribution in [1.82, 2.24) is 14.9 Å². The number of imidazole rings is 1. The second-order valence-corrected chi connectivity index (χ2v) is 6.11. The zero-order valence-corrected chi connectivity index (χ0v) is 12.4. The molecule has 3 heterocycles. The van der Waals surface area contributed by atoms with Crippen molar-refractivity contribution in [1.29, 1.82) is 0 Å². The Hall–Kier alpha value is -1.85. The van der Waals surface area contributed by atoms with E-state index < -0.39 is 0 Å². The number of thiophene rings is 1. The van der Waals surface area contributed by atoms with Crippen LogP contribution in [-0.2, 0) is 13.6 Å². The van der Waals surface area contributed by atoms with Gasteiger partial charge in [0.2, 0.25) is 0 Å². The molecule has 0 bridgehead atoms. The summed E-state index contributed by atoms with van der Waals surface area (Å²) in [6.45, 7) is 2.92. The molecule has 3 aromatic heterocycles. The summed E-state index contributed by atoms with van der Waals surface area (Å²) >= 11 is 1.81. The molecule has 0 aliphatic heterocycles. The lowest BCUT2D eigenvalue weighted by Gasteiger charge is -2.16. The molecule has 0 saturated heterocycles. The molecule has 1 atom stereocenters. The molecule has 0 fully saturated rings. The van der Waals surface area contributed by atoms with Gasteiger partial charge in [-0.15, -0.1) is 11.3 Å². The second kappa shape index (κ2) is 5.64. The minimum Gasteiger partial charge on any atom is -0.467 e. The number of rotatable bonds is 5. The van der Waals surface area contributed by atoms with E-state index in [2.05, 4.69) is 29.4 Å². The summed E-state index contributed by atoms with van der Waals surface area (Å²) in [5.41, 5.74) is 0. The Morgan fingerprint density at radius 3 is 2.90 bits per heavy atom. The van der Waals surface area contributed by atoms with E-state index in [0.29, 0.717) is 0 Å². The van der Waals surface area contributed by atoms with Crippen LogP contribution < -0.4 is 5.32 Å². The lowest BCUT2D eigenvalue weighted by Crippen LogP contribution is -2.24. The molecule has 3 rings (SSSR count). The third-order valence-electron chi connectivity index (χ3n) is 3.22. The summed E-state index contributed by atoms with van der Waals surface area (Å²) in [5.74, 6) is 1.83. The van der Waals surface area contributed by atoms with Crippen LogP contribution in [0.1, 0.15) is 27.4 Å². The number of nitrogens with one attached hydrogen (secondary N) is 1. The van der Waals surface area contributed by atoms with E-state index in [1.54, 1.807) is 6.26 Å². The number of hydrogen-bond donors (Lipinski definition) is 1. The van der Waals surface area contributed by atoms with E-state index in [-0.39, 0.29) is 6.04 Å². The highest BCUT2D eigenvalue weighted by atomic mass is 32.1. The first-order valence-electron chi connectivity index (χ1n) is 6.53. The van der Waals surface area contributed by atoms with Crippen LogP contribution in [0.25, 0.3) is 0 Å². The van der Waals surface area contributed by atoms with Crippen LogP contribution >= 0.6 is 11.3 Å². The highest BCUT2D eigenvalue weighted by Crippen LogP contribution is 2.22. The van der Waals surface area contributed by atoms with Gasteiger partial charge in [0.15, 0.2) is 0 Å². The van der Waals surface area contributed by atoms with Gasteiger partial charge in [-0.2, -0.15) is 0 Å². The summed E-state index contributed by atoms with van der Waals surface area (Å²) < 4.78 is 7.57. The lowest BCUT2D eigenvalue weighted by molar-refractivity contribution is 0.430. The summed E-state index contributed by atoms with van der Waals surface area (Å²) in [5, 5.41) is 3.53. The van der Waals surface area contributed by atoms with Crippen molar-refractivity contribution in [3.8, 4) is 0 Å². The Bertz CT molecular complexity index is 669. The zero-order valence-electron chi connectivity index (χ0n) is 11.5. The van der Waals surface area contributed by atoms with Crippen LogP contribution in [0.4, 0.5) is 0 Å². The van der Waals surface area contributed by atoms with E-state index in [1.807, 2.05) is 47.5 Å². The molecular formula is C15H17N3OS. The molecule has 0 aliphatic rings. The average molecular weight is 287 g/mol. The minimum absolute atomic E-state index is 0.0348. The third kappa shape index (κ3) is 2.69. The van der Waals surface area contributed by atoms with Gasteiger partial charge in [-0.25, -0.2) is 4.98 Å². The molecule has 1 unspecified atom stereocenters. The predicted octanol–water partition coefficient (Wildman–Crippen LogP) is 3.26. The molecule has 1 N–H and O–H groups in total. The summed E-state index contributed by atoms with van der Waals surface area (Å²) in [6.07, 6.45) is 5.45. The van der Waals surface area contributed by atoms with Gasteiger partial charge in [-0.1, -0.05) is 0 Å². The van der Waals surface area contributed by atoms with Crippen molar-refractivity contribution in [2.75, 3.05) is 0 Å². The molecule has 5 heteroatoms. The molecule has 20 heavy (non-hydrogen) atoms. The zero-order chi connectivity index (χ0) is 13.9. The topological polar surface area (TPSA) is 43.0 Å². The molecule has 0 amide bonds. The Labute approximate surface area is 122 Å². The Kier molecular flexibility index (Phi) is 3.71. The van der Waals surface area contributed by atoms with E-state index in [1.165, 1.54) is 9.75 Å². The standard InChI is InChI=1S/C15H17N3OS/c1-11-5-6-12(20-11)10-17-14(13-4-3-9-19-13)15-16-7-8-18(15)2/h3-9,14,17H,10H2,1-2H3. The quantitative estimate of drug-likeness (QED) is 0.783. The maximum atomic E-state index is 5.56. The summed E-state index contributed by atoms with van der Waals surface area (Å²) in [6, 6.07) is 8.15. The number of hydrogen-bond acceptors (Lipinski definition) is 4. The number of aryl methyl sites for hydroxylation is 2. The van der Waals surface area contributed by atoms with Crippen LogP contribution in [0, 0.1) is 6.92 Å². The normalized spacial score (nSPS) is 12.7. The number of aromatic nitrogens is 2. The highest BCUT2D eigenvalue weighted by molar-refractivity contribution is 7.11. The molecule has 4 nitrogen and oxygen atoms in total. The molecule has 0 aliphatic carbocycles. The lowest BCUT2D eigenvalue weighted by atomic mass is 10.2. The third-order valence-corrected chi connectivity index (χ3v) is 4.22. The smallest absolute Gasteiger partial charge is 0.133 e.